The van der Waals surface area contributed by atoms with Crippen LogP contribution in [0, 0.1) is 18.8 Å². The Labute approximate surface area is 252 Å². The summed E-state index contributed by atoms with van der Waals surface area (Å²) in [5, 5.41) is 0. The number of nitrogens with zero attached hydrogens (tertiary/aromatic N) is 1. The second-order valence-electron chi connectivity index (χ2n) is 11.7. The van der Waals surface area contributed by atoms with Crippen molar-refractivity contribution in [3.8, 4) is 0 Å². The predicted octanol–water partition coefficient (Wildman–Crippen LogP) is 11.4. The van der Waals surface area contributed by atoms with Crippen LogP contribution in [0.25, 0.3) is 5.57 Å². The average molecular weight is 568 g/mol. The Bertz CT molecular complexity index is 1010. The van der Waals surface area contributed by atoms with E-state index in [9.17, 15) is 4.39 Å². The van der Waals surface area contributed by atoms with Crippen LogP contribution in [0.5, 0.6) is 0 Å². The molecule has 0 fully saturated rings. The zero-order chi connectivity index (χ0) is 30.1. The van der Waals surface area contributed by atoms with Crippen LogP contribution in [-0.2, 0) is 11.2 Å². The molecule has 2 rings (SSSR count). The van der Waals surface area contributed by atoms with Crippen molar-refractivity contribution < 1.29 is 4.39 Å². The molecule has 0 aliphatic heterocycles. The van der Waals surface area contributed by atoms with E-state index >= 15 is 0 Å². The van der Waals surface area contributed by atoms with Crippen LogP contribution in [0.15, 0.2) is 61.7 Å². The molecule has 1 atom stereocenters. The van der Waals surface area contributed by atoms with Crippen molar-refractivity contribution in [3.05, 3.63) is 84.0 Å². The average Bonchev–Trinajstić information content (AvgIpc) is 2.97. The molecule has 40 heavy (non-hydrogen) atoms. The first-order valence-electron chi connectivity index (χ1n) is 15.5. The molecule has 0 aromatic heterocycles. The lowest BCUT2D eigenvalue weighted by Gasteiger charge is -2.31. The third-order valence-corrected chi connectivity index (χ3v) is 9.06. The Morgan fingerprint density at radius 2 is 1.73 bits per heavy atom. The maximum Gasteiger partial charge on any atom is 0.0785 e. The quantitative estimate of drug-likeness (QED) is 0.138. The van der Waals surface area contributed by atoms with Crippen molar-refractivity contribution in [2.75, 3.05) is 25.2 Å². The van der Waals surface area contributed by atoms with Gasteiger partial charge >= 0.3 is 0 Å². The summed E-state index contributed by atoms with van der Waals surface area (Å²) in [4.78, 5) is 2.58. The first kappa shape index (κ1) is 36.0. The smallest absolute Gasteiger partial charge is 0.0785 e. The SMILES string of the molecule is C=CCCC(CCC)CCC(=C)c1cccc(CCN(CC(C)C)c2ccc(C(S)(CC)CC)cc2C)c1.CF. The second kappa shape index (κ2) is 19.2. The van der Waals surface area contributed by atoms with Gasteiger partial charge in [-0.1, -0.05) is 96.5 Å². The van der Waals surface area contributed by atoms with E-state index in [1.165, 1.54) is 59.2 Å². The fraction of sp³-hybridized carbons (Fsp3) is 0.568. The molecule has 0 radical (unpaired) electrons. The van der Waals surface area contributed by atoms with Gasteiger partial charge in [-0.2, -0.15) is 12.6 Å². The summed E-state index contributed by atoms with van der Waals surface area (Å²) in [6, 6.07) is 16.1. The number of thiol groups is 1. The Balaban J connectivity index is 0.00000391. The number of anilines is 1. The van der Waals surface area contributed by atoms with E-state index in [-0.39, 0.29) is 4.75 Å². The van der Waals surface area contributed by atoms with E-state index in [0.29, 0.717) is 13.1 Å². The summed E-state index contributed by atoms with van der Waals surface area (Å²) < 4.78 is 9.46. The summed E-state index contributed by atoms with van der Waals surface area (Å²) in [6.45, 7) is 24.1. The first-order chi connectivity index (χ1) is 19.2. The molecule has 0 aliphatic rings. The molecule has 0 saturated heterocycles. The number of hydrogen-bond donors (Lipinski definition) is 1. The first-order valence-corrected chi connectivity index (χ1v) is 16.0. The molecule has 2 aromatic carbocycles. The molecule has 0 heterocycles. The van der Waals surface area contributed by atoms with E-state index in [1.807, 2.05) is 0 Å². The summed E-state index contributed by atoms with van der Waals surface area (Å²) in [6.07, 6.45) is 12.4. The third kappa shape index (κ3) is 11.5. The Morgan fingerprint density at radius 1 is 1.02 bits per heavy atom. The van der Waals surface area contributed by atoms with E-state index in [1.54, 1.807) is 0 Å². The zero-order valence-corrected chi connectivity index (χ0v) is 27.6. The third-order valence-electron chi connectivity index (χ3n) is 8.17. The highest BCUT2D eigenvalue weighted by Gasteiger charge is 2.24. The van der Waals surface area contributed by atoms with Gasteiger partial charge in [0, 0.05) is 23.5 Å². The van der Waals surface area contributed by atoms with Gasteiger partial charge in [-0.25, -0.2) is 0 Å². The molecule has 0 spiro atoms. The van der Waals surface area contributed by atoms with Gasteiger partial charge in [-0.05, 0) is 97.6 Å². The van der Waals surface area contributed by atoms with Gasteiger partial charge in [-0.3, -0.25) is 4.39 Å². The van der Waals surface area contributed by atoms with Gasteiger partial charge in [0.2, 0.25) is 0 Å². The highest BCUT2D eigenvalue weighted by molar-refractivity contribution is 7.81. The van der Waals surface area contributed by atoms with E-state index in [2.05, 4.69) is 108 Å². The van der Waals surface area contributed by atoms with Gasteiger partial charge < -0.3 is 4.90 Å². The predicted molar refractivity (Wildman–Crippen MR) is 183 cm³/mol. The largest absolute Gasteiger partial charge is 0.371 e. The summed E-state index contributed by atoms with van der Waals surface area (Å²) in [7, 11) is 0.500. The number of alkyl halides is 1. The lowest BCUT2D eigenvalue weighted by Crippen LogP contribution is -2.30. The standard InChI is InChI=1S/C36H55NS.CH3F/c1-9-13-16-31(15-10-2)20-19-29(7)33-18-14-17-32(26-33)23-24-37(27-28(5)6)35-22-21-34(25-30(35)8)36(38,11-3)12-4;1-2/h9,14,17-18,21-22,25-26,28,31,38H,1,7,10-13,15-16,19-20,23-24,27H2,2-6,8H3;1H3. The van der Waals surface area contributed by atoms with Gasteiger partial charge in [0.1, 0.15) is 0 Å². The van der Waals surface area contributed by atoms with Crippen LogP contribution in [0.4, 0.5) is 10.1 Å². The lowest BCUT2D eigenvalue weighted by molar-refractivity contribution is 0.424. The monoisotopic (exact) mass is 567 g/mol. The van der Waals surface area contributed by atoms with Crippen molar-refractivity contribution in [1.82, 2.24) is 0 Å². The maximum atomic E-state index is 9.50. The molecule has 0 bridgehead atoms. The molecule has 1 unspecified atom stereocenters. The molecular formula is C37H58FNS. The molecule has 224 valence electrons. The number of rotatable bonds is 18. The van der Waals surface area contributed by atoms with Gasteiger partial charge in [0.25, 0.3) is 0 Å². The van der Waals surface area contributed by atoms with Crippen LogP contribution >= 0.6 is 12.6 Å². The second-order valence-corrected chi connectivity index (χ2v) is 12.5. The Morgan fingerprint density at radius 3 is 2.30 bits per heavy atom. The summed E-state index contributed by atoms with van der Waals surface area (Å²) >= 11 is 5.04. The van der Waals surface area contributed by atoms with Crippen molar-refractivity contribution in [2.45, 2.75) is 104 Å². The normalized spacial score (nSPS) is 12.1. The molecule has 2 aromatic rings. The fourth-order valence-electron chi connectivity index (χ4n) is 5.64. The Kier molecular flexibility index (Phi) is 17.3. The number of allylic oxidation sites excluding steroid dienone is 2. The van der Waals surface area contributed by atoms with Crippen molar-refractivity contribution in [1.29, 1.82) is 0 Å². The summed E-state index contributed by atoms with van der Waals surface area (Å²) in [5.74, 6) is 1.38. The lowest BCUT2D eigenvalue weighted by atomic mass is 9.89. The van der Waals surface area contributed by atoms with Crippen LogP contribution in [0.2, 0.25) is 0 Å². The number of hydrogen-bond acceptors (Lipinski definition) is 2. The highest BCUT2D eigenvalue weighted by Crippen LogP contribution is 2.37. The van der Waals surface area contributed by atoms with E-state index in [0.717, 1.165) is 51.1 Å². The summed E-state index contributed by atoms with van der Waals surface area (Å²) in [5.41, 5.74) is 8.03. The minimum absolute atomic E-state index is 0.0444. The van der Waals surface area contributed by atoms with Crippen molar-refractivity contribution >= 4 is 23.9 Å². The molecule has 0 saturated carbocycles. The number of benzene rings is 2. The fourth-order valence-corrected chi connectivity index (χ4v) is 5.78. The van der Waals surface area contributed by atoms with Crippen molar-refractivity contribution in [3.63, 3.8) is 0 Å². The molecule has 3 heteroatoms. The topological polar surface area (TPSA) is 3.24 Å². The number of halogens is 1. The van der Waals surface area contributed by atoms with Gasteiger partial charge in [0.05, 0.1) is 7.18 Å². The zero-order valence-electron chi connectivity index (χ0n) is 26.7. The minimum Gasteiger partial charge on any atom is -0.371 e. The maximum absolute atomic E-state index is 9.50. The van der Waals surface area contributed by atoms with Gasteiger partial charge in [0.15, 0.2) is 0 Å². The number of aryl methyl sites for hydroxylation is 1. The van der Waals surface area contributed by atoms with Crippen LogP contribution in [0.1, 0.15) is 108 Å². The molecule has 0 N–H and O–H groups in total. The molecule has 0 aliphatic carbocycles. The van der Waals surface area contributed by atoms with Gasteiger partial charge in [-0.15, -0.1) is 6.58 Å². The molecular weight excluding hydrogens is 509 g/mol. The Hall–Kier alpha value is -2.00. The van der Waals surface area contributed by atoms with Crippen LogP contribution < -0.4 is 4.90 Å². The molecule has 0 amide bonds. The van der Waals surface area contributed by atoms with Crippen LogP contribution in [-0.4, -0.2) is 20.3 Å². The minimum atomic E-state index is -0.0444. The molecule has 1 nitrogen and oxygen atoms in total. The van der Waals surface area contributed by atoms with Crippen molar-refractivity contribution in [2.24, 2.45) is 11.8 Å². The van der Waals surface area contributed by atoms with Crippen LogP contribution in [0.3, 0.4) is 0 Å². The highest BCUT2D eigenvalue weighted by atomic mass is 32.1. The van der Waals surface area contributed by atoms with E-state index in [4.69, 9.17) is 12.6 Å². The van der Waals surface area contributed by atoms with E-state index < -0.39 is 0 Å².